The molecule has 1 atom stereocenters. The Hall–Kier alpha value is -3.18. The van der Waals surface area contributed by atoms with Crippen LogP contribution in [0, 0.1) is 0 Å². The maximum atomic E-state index is 13.4. The van der Waals surface area contributed by atoms with E-state index < -0.39 is 18.0 Å². The number of fused-ring (bicyclic) bond motifs is 3. The first-order valence-corrected chi connectivity index (χ1v) is 13.1. The number of amides is 1. The molecule has 2 heterocycles. The summed E-state index contributed by atoms with van der Waals surface area (Å²) in [5, 5.41) is 18.4. The van der Waals surface area contributed by atoms with Gasteiger partial charge in [0.25, 0.3) is 17.0 Å². The second kappa shape index (κ2) is 10.8. The minimum absolute atomic E-state index is 0.198. The number of hydrogen-bond acceptors (Lipinski definition) is 8. The number of benzene rings is 2. The lowest BCUT2D eigenvalue weighted by Crippen LogP contribution is -2.59. The number of ether oxygens (including phenoxy) is 2. The monoisotopic (exact) mass is 572 g/mol. The SMILES string of the molecule is CCCCSc1nc([O-])c2[n+](n1)C(c1cc(OC)cc(Br)c1OC(C)=O)N(C(C)=O)c1ccccc1-2. The topological polar surface area (TPSA) is 109 Å². The van der Waals surface area contributed by atoms with Crippen molar-refractivity contribution < 1.29 is 28.9 Å². The summed E-state index contributed by atoms with van der Waals surface area (Å²) >= 11 is 4.85. The highest BCUT2D eigenvalue weighted by Gasteiger charge is 2.46. The number of halogens is 1. The predicted octanol–water partition coefficient (Wildman–Crippen LogP) is 4.01. The number of hydrogen-bond donors (Lipinski definition) is 0. The van der Waals surface area contributed by atoms with Gasteiger partial charge in [0.2, 0.25) is 5.91 Å². The molecule has 11 heteroatoms. The lowest BCUT2D eigenvalue weighted by Gasteiger charge is -2.33. The first-order valence-electron chi connectivity index (χ1n) is 11.4. The molecule has 0 radical (unpaired) electrons. The molecule has 9 nitrogen and oxygen atoms in total. The van der Waals surface area contributed by atoms with Gasteiger partial charge in [-0.3, -0.25) is 9.59 Å². The predicted molar refractivity (Wildman–Crippen MR) is 136 cm³/mol. The number of carbonyl (C=O) groups is 2. The molecule has 0 bridgehead atoms. The number of nitrogens with zero attached hydrogens (tertiary/aromatic N) is 4. The van der Waals surface area contributed by atoms with Gasteiger partial charge < -0.3 is 14.6 Å². The lowest BCUT2D eigenvalue weighted by atomic mass is 10.0. The Morgan fingerprint density at radius 1 is 1.25 bits per heavy atom. The van der Waals surface area contributed by atoms with Crippen LogP contribution in [0.25, 0.3) is 11.3 Å². The summed E-state index contributed by atoms with van der Waals surface area (Å²) < 4.78 is 13.0. The summed E-state index contributed by atoms with van der Waals surface area (Å²) in [4.78, 5) is 30.9. The van der Waals surface area contributed by atoms with Crippen LogP contribution in [-0.4, -0.2) is 34.8 Å². The molecule has 0 aliphatic carbocycles. The third-order valence-electron chi connectivity index (χ3n) is 5.59. The molecule has 1 amide bonds. The van der Waals surface area contributed by atoms with Gasteiger partial charge in [-0.2, -0.15) is 0 Å². The number of carbonyl (C=O) groups excluding carboxylic acids is 2. The van der Waals surface area contributed by atoms with Gasteiger partial charge in [-0.25, -0.2) is 9.88 Å². The van der Waals surface area contributed by atoms with Gasteiger partial charge in [-0.15, -0.1) is 0 Å². The fourth-order valence-corrected chi connectivity index (χ4v) is 5.52. The molecule has 0 saturated carbocycles. The summed E-state index contributed by atoms with van der Waals surface area (Å²) in [6, 6.07) is 10.4. The van der Waals surface area contributed by atoms with Crippen molar-refractivity contribution in [3.05, 3.63) is 46.4 Å². The van der Waals surface area contributed by atoms with E-state index in [-0.39, 0.29) is 17.4 Å². The number of esters is 1. The number of thioether (sulfide) groups is 1. The molecule has 1 aromatic heterocycles. The fraction of sp³-hybridized carbons (Fsp3) is 0.320. The van der Waals surface area contributed by atoms with Crippen LogP contribution in [0.3, 0.4) is 0 Å². The van der Waals surface area contributed by atoms with E-state index in [0.29, 0.717) is 32.2 Å². The van der Waals surface area contributed by atoms with E-state index in [9.17, 15) is 14.7 Å². The third-order valence-corrected chi connectivity index (χ3v) is 7.10. The van der Waals surface area contributed by atoms with Crippen molar-refractivity contribution in [1.29, 1.82) is 0 Å². The van der Waals surface area contributed by atoms with Crippen molar-refractivity contribution in [2.45, 2.75) is 44.9 Å². The summed E-state index contributed by atoms with van der Waals surface area (Å²) in [5.74, 6) is 0.122. The quantitative estimate of drug-likeness (QED) is 0.137. The molecule has 188 valence electrons. The molecule has 36 heavy (non-hydrogen) atoms. The Labute approximate surface area is 221 Å². The van der Waals surface area contributed by atoms with E-state index in [1.165, 1.54) is 42.3 Å². The van der Waals surface area contributed by atoms with Gasteiger partial charge in [0.15, 0.2) is 5.75 Å². The van der Waals surface area contributed by atoms with Crippen LogP contribution < -0.4 is 24.2 Å². The van der Waals surface area contributed by atoms with E-state index in [1.807, 2.05) is 0 Å². The van der Waals surface area contributed by atoms with Gasteiger partial charge in [-0.1, -0.05) is 41.9 Å². The molecule has 0 spiro atoms. The Morgan fingerprint density at radius 2 is 2.00 bits per heavy atom. The van der Waals surface area contributed by atoms with Crippen LogP contribution in [0.5, 0.6) is 17.4 Å². The van der Waals surface area contributed by atoms with Crippen LogP contribution in [-0.2, 0) is 9.59 Å². The minimum Gasteiger partial charge on any atom is -0.854 e. The minimum atomic E-state index is -0.950. The van der Waals surface area contributed by atoms with E-state index in [2.05, 4.69) is 27.8 Å². The Morgan fingerprint density at radius 3 is 2.67 bits per heavy atom. The molecular weight excluding hydrogens is 548 g/mol. The number of para-hydroxylation sites is 1. The summed E-state index contributed by atoms with van der Waals surface area (Å²) in [5.41, 5.74) is 1.71. The molecule has 1 unspecified atom stereocenters. The van der Waals surface area contributed by atoms with Crippen molar-refractivity contribution in [1.82, 2.24) is 10.1 Å². The van der Waals surface area contributed by atoms with Crippen molar-refractivity contribution in [2.75, 3.05) is 17.8 Å². The summed E-state index contributed by atoms with van der Waals surface area (Å²) in [6.45, 7) is 4.81. The molecule has 1 aliphatic heterocycles. The van der Waals surface area contributed by atoms with Gasteiger partial charge in [-0.05, 0) is 46.6 Å². The molecule has 1 aliphatic rings. The largest absolute Gasteiger partial charge is 0.854 e. The van der Waals surface area contributed by atoms with Crippen LogP contribution in [0.1, 0.15) is 45.3 Å². The maximum Gasteiger partial charge on any atom is 0.308 e. The first kappa shape index (κ1) is 25.9. The molecular formula is C25H25BrN4O5S. The lowest BCUT2D eigenvalue weighted by molar-refractivity contribution is -0.764. The fourth-order valence-electron chi connectivity index (χ4n) is 4.07. The Bertz CT molecular complexity index is 1340. The van der Waals surface area contributed by atoms with E-state index in [4.69, 9.17) is 14.6 Å². The van der Waals surface area contributed by atoms with Crippen molar-refractivity contribution in [2.24, 2.45) is 0 Å². The molecule has 3 aromatic rings. The van der Waals surface area contributed by atoms with Gasteiger partial charge in [0.05, 0.1) is 34.3 Å². The van der Waals surface area contributed by atoms with Gasteiger partial charge >= 0.3 is 5.97 Å². The number of anilines is 1. The van der Waals surface area contributed by atoms with Crippen LogP contribution >= 0.6 is 27.7 Å². The highest BCUT2D eigenvalue weighted by molar-refractivity contribution is 9.10. The van der Waals surface area contributed by atoms with Crippen LogP contribution in [0.2, 0.25) is 0 Å². The van der Waals surface area contributed by atoms with Gasteiger partial charge in [0, 0.05) is 24.7 Å². The molecule has 0 N–H and O–H groups in total. The normalized spacial score (nSPS) is 14.1. The molecule has 0 fully saturated rings. The second-order valence-electron chi connectivity index (χ2n) is 8.10. The number of aromatic nitrogens is 3. The average molecular weight is 573 g/mol. The third kappa shape index (κ3) is 4.90. The zero-order valence-electron chi connectivity index (χ0n) is 20.3. The molecule has 0 saturated heterocycles. The van der Waals surface area contributed by atoms with Crippen molar-refractivity contribution >= 4 is 45.3 Å². The van der Waals surface area contributed by atoms with Gasteiger partial charge in [0.1, 0.15) is 5.75 Å². The highest BCUT2D eigenvalue weighted by atomic mass is 79.9. The molecule has 2 aromatic carbocycles. The zero-order valence-corrected chi connectivity index (χ0v) is 22.7. The van der Waals surface area contributed by atoms with E-state index in [0.717, 1.165) is 18.6 Å². The van der Waals surface area contributed by atoms with E-state index >= 15 is 0 Å². The smallest absolute Gasteiger partial charge is 0.308 e. The number of unbranched alkanes of at least 4 members (excludes halogenated alkanes) is 1. The zero-order chi connectivity index (χ0) is 26.0. The van der Waals surface area contributed by atoms with Crippen molar-refractivity contribution in [3.8, 4) is 28.6 Å². The maximum absolute atomic E-state index is 13.4. The summed E-state index contributed by atoms with van der Waals surface area (Å²) in [6.07, 6.45) is 0.983. The molecule has 4 rings (SSSR count). The van der Waals surface area contributed by atoms with Crippen molar-refractivity contribution in [3.63, 3.8) is 0 Å². The number of methoxy groups -OCH3 is 1. The average Bonchev–Trinajstić information content (AvgIpc) is 2.84. The van der Waals surface area contributed by atoms with E-state index in [1.54, 1.807) is 36.4 Å². The Kier molecular flexibility index (Phi) is 7.79. The summed E-state index contributed by atoms with van der Waals surface area (Å²) in [7, 11) is 1.51. The Balaban J connectivity index is 2.05. The first-order chi connectivity index (χ1) is 17.3. The van der Waals surface area contributed by atoms with Crippen LogP contribution in [0.4, 0.5) is 5.69 Å². The standard InChI is InChI=1S/C25H25BrN4O5S/c1-5-6-11-36-25-27-23(33)21-17-9-7-8-10-20(17)29(14(2)31)24(30(21)28-25)18-12-16(34-4)13-19(26)22(18)35-15(3)32/h7-10,12-13,24H,5-6,11H2,1-4H3. The van der Waals surface area contributed by atoms with Crippen LogP contribution in [0.15, 0.2) is 46.0 Å². The second-order valence-corrected chi connectivity index (χ2v) is 10.0. The number of rotatable bonds is 7. The highest BCUT2D eigenvalue weighted by Crippen LogP contribution is 2.45.